The summed E-state index contributed by atoms with van der Waals surface area (Å²) < 4.78 is 7.24. The van der Waals surface area contributed by atoms with Crippen molar-refractivity contribution in [2.24, 2.45) is 7.05 Å². The molecule has 0 aliphatic heterocycles. The highest BCUT2D eigenvalue weighted by atomic mass is 16.5. The first-order valence-corrected chi connectivity index (χ1v) is 8.74. The molecule has 0 atom stereocenters. The molecule has 26 heavy (non-hydrogen) atoms. The molecule has 1 aliphatic rings. The first-order valence-electron chi connectivity index (χ1n) is 8.74. The number of nitrogens with one attached hydrogen (secondary N) is 2. The first kappa shape index (κ1) is 15.2. The lowest BCUT2D eigenvalue weighted by atomic mass is 9.96. The SMILES string of the molecule is Cc1noc(C)c1-c1cc(-c2c(C3CC3)cnn2C)c2[nH]c(=O)[nH]c2c1. The lowest BCUT2D eigenvalue weighted by Gasteiger charge is -2.10. The summed E-state index contributed by atoms with van der Waals surface area (Å²) in [6, 6.07) is 4.07. The van der Waals surface area contributed by atoms with Crippen LogP contribution in [0.15, 0.2) is 27.6 Å². The summed E-state index contributed by atoms with van der Waals surface area (Å²) in [6.45, 7) is 3.83. The van der Waals surface area contributed by atoms with Crippen molar-refractivity contribution in [2.75, 3.05) is 0 Å². The van der Waals surface area contributed by atoms with Crippen LogP contribution in [0, 0.1) is 13.8 Å². The maximum atomic E-state index is 12.0. The van der Waals surface area contributed by atoms with E-state index in [-0.39, 0.29) is 5.69 Å². The molecule has 132 valence electrons. The van der Waals surface area contributed by atoms with Crippen molar-refractivity contribution in [3.63, 3.8) is 0 Å². The van der Waals surface area contributed by atoms with E-state index in [0.29, 0.717) is 5.92 Å². The van der Waals surface area contributed by atoms with Crippen LogP contribution in [0.5, 0.6) is 0 Å². The van der Waals surface area contributed by atoms with Gasteiger partial charge in [0.25, 0.3) is 0 Å². The fourth-order valence-corrected chi connectivity index (χ4v) is 3.85. The van der Waals surface area contributed by atoms with Crippen molar-refractivity contribution < 1.29 is 4.52 Å². The highest BCUT2D eigenvalue weighted by molar-refractivity contribution is 5.96. The van der Waals surface area contributed by atoms with Gasteiger partial charge in [0.05, 0.1) is 28.6 Å². The van der Waals surface area contributed by atoms with E-state index in [1.54, 1.807) is 0 Å². The summed E-state index contributed by atoms with van der Waals surface area (Å²) in [6.07, 6.45) is 4.33. The molecule has 0 amide bonds. The molecule has 1 fully saturated rings. The number of rotatable bonds is 3. The summed E-state index contributed by atoms with van der Waals surface area (Å²) in [4.78, 5) is 17.8. The minimum absolute atomic E-state index is 0.215. The Morgan fingerprint density at radius 1 is 1.23 bits per heavy atom. The minimum Gasteiger partial charge on any atom is -0.361 e. The van der Waals surface area contributed by atoms with Crippen molar-refractivity contribution in [3.8, 4) is 22.4 Å². The number of hydrogen-bond acceptors (Lipinski definition) is 4. The van der Waals surface area contributed by atoms with Crippen LogP contribution in [0.1, 0.15) is 35.8 Å². The lowest BCUT2D eigenvalue weighted by Crippen LogP contribution is -2.00. The molecule has 1 aromatic carbocycles. The zero-order chi connectivity index (χ0) is 18.0. The third-order valence-electron chi connectivity index (χ3n) is 5.19. The van der Waals surface area contributed by atoms with E-state index in [4.69, 9.17) is 4.52 Å². The molecule has 1 aliphatic carbocycles. The van der Waals surface area contributed by atoms with Crippen LogP contribution in [-0.2, 0) is 7.05 Å². The Balaban J connectivity index is 1.85. The molecule has 0 saturated heterocycles. The molecular formula is C19H19N5O2. The fraction of sp³-hybridized carbons (Fsp3) is 0.316. The van der Waals surface area contributed by atoms with Gasteiger partial charge < -0.3 is 14.5 Å². The number of hydrogen-bond donors (Lipinski definition) is 2. The summed E-state index contributed by atoms with van der Waals surface area (Å²) in [7, 11) is 1.94. The Hall–Kier alpha value is -3.09. The van der Waals surface area contributed by atoms with Crippen molar-refractivity contribution in [2.45, 2.75) is 32.6 Å². The Labute approximate surface area is 149 Å². The second kappa shape index (κ2) is 5.20. The normalized spacial score (nSPS) is 14.4. The number of imidazole rings is 1. The molecule has 7 nitrogen and oxygen atoms in total. The van der Waals surface area contributed by atoms with Crippen LogP contribution in [0.4, 0.5) is 0 Å². The molecule has 0 unspecified atom stereocenters. The number of H-pyrrole nitrogens is 2. The molecule has 3 aromatic heterocycles. The standard InChI is InChI=1S/C19H19N5O2/c1-9-16(10(2)26-23-9)12-6-13(17-15(7-12)21-19(25)22-17)18-14(11-4-5-11)8-20-24(18)3/h6-8,11H,4-5H2,1-3H3,(H2,21,22,25). The van der Waals surface area contributed by atoms with Crippen LogP contribution in [-0.4, -0.2) is 24.9 Å². The molecule has 0 bridgehead atoms. The molecule has 2 N–H and O–H groups in total. The van der Waals surface area contributed by atoms with Crippen LogP contribution in [0.3, 0.4) is 0 Å². The smallest absolute Gasteiger partial charge is 0.323 e. The van der Waals surface area contributed by atoms with E-state index in [0.717, 1.165) is 44.9 Å². The fourth-order valence-electron chi connectivity index (χ4n) is 3.85. The second-order valence-corrected chi connectivity index (χ2v) is 7.07. The summed E-state index contributed by atoms with van der Waals surface area (Å²) in [5.74, 6) is 1.32. The van der Waals surface area contributed by atoms with Gasteiger partial charge >= 0.3 is 5.69 Å². The summed E-state index contributed by atoms with van der Waals surface area (Å²) in [5.41, 5.74) is 7.39. The van der Waals surface area contributed by atoms with Crippen LogP contribution >= 0.6 is 0 Å². The number of aromatic nitrogens is 5. The van der Waals surface area contributed by atoms with E-state index < -0.39 is 0 Å². The van der Waals surface area contributed by atoms with Crippen LogP contribution in [0.25, 0.3) is 33.4 Å². The minimum atomic E-state index is -0.215. The van der Waals surface area contributed by atoms with Gasteiger partial charge in [0, 0.05) is 23.7 Å². The van der Waals surface area contributed by atoms with Gasteiger partial charge in [0.15, 0.2) is 0 Å². The molecule has 1 saturated carbocycles. The van der Waals surface area contributed by atoms with E-state index in [2.05, 4.69) is 26.3 Å². The maximum Gasteiger partial charge on any atom is 0.323 e. The van der Waals surface area contributed by atoms with E-state index in [1.807, 2.05) is 37.8 Å². The second-order valence-electron chi connectivity index (χ2n) is 7.07. The van der Waals surface area contributed by atoms with Gasteiger partial charge in [0.1, 0.15) is 5.76 Å². The quantitative estimate of drug-likeness (QED) is 0.593. The number of nitrogens with zero attached hydrogens (tertiary/aromatic N) is 3. The predicted octanol–water partition coefficient (Wildman–Crippen LogP) is 3.41. The van der Waals surface area contributed by atoms with E-state index >= 15 is 0 Å². The molecule has 4 aromatic rings. The molecular weight excluding hydrogens is 330 g/mol. The average molecular weight is 349 g/mol. The van der Waals surface area contributed by atoms with Gasteiger partial charge in [-0.25, -0.2) is 4.79 Å². The van der Waals surface area contributed by atoms with Gasteiger partial charge in [0.2, 0.25) is 0 Å². The summed E-state index contributed by atoms with van der Waals surface area (Å²) >= 11 is 0. The highest BCUT2D eigenvalue weighted by Crippen LogP contribution is 2.45. The Bertz CT molecular complexity index is 1180. The van der Waals surface area contributed by atoms with E-state index in [1.165, 1.54) is 18.4 Å². The zero-order valence-corrected chi connectivity index (χ0v) is 14.9. The van der Waals surface area contributed by atoms with Crippen LogP contribution < -0.4 is 5.69 Å². The third-order valence-corrected chi connectivity index (χ3v) is 5.19. The van der Waals surface area contributed by atoms with Crippen molar-refractivity contribution >= 4 is 11.0 Å². The van der Waals surface area contributed by atoms with Gasteiger partial charge in [-0.2, -0.15) is 5.10 Å². The zero-order valence-electron chi connectivity index (χ0n) is 14.9. The number of aryl methyl sites for hydroxylation is 3. The van der Waals surface area contributed by atoms with E-state index in [9.17, 15) is 4.79 Å². The van der Waals surface area contributed by atoms with Crippen LogP contribution in [0.2, 0.25) is 0 Å². The Morgan fingerprint density at radius 2 is 2.04 bits per heavy atom. The Kier molecular flexibility index (Phi) is 3.04. The molecule has 5 rings (SSSR count). The number of aromatic amines is 2. The highest BCUT2D eigenvalue weighted by Gasteiger charge is 2.30. The Morgan fingerprint density at radius 3 is 2.73 bits per heavy atom. The largest absolute Gasteiger partial charge is 0.361 e. The number of benzene rings is 1. The average Bonchev–Trinajstić information content (AvgIpc) is 3.14. The number of fused-ring (bicyclic) bond motifs is 1. The molecule has 7 heteroatoms. The van der Waals surface area contributed by atoms with Crippen molar-refractivity contribution in [1.29, 1.82) is 0 Å². The van der Waals surface area contributed by atoms with Gasteiger partial charge in [-0.3, -0.25) is 4.68 Å². The molecule has 3 heterocycles. The van der Waals surface area contributed by atoms with Crippen molar-refractivity contribution in [1.82, 2.24) is 24.9 Å². The first-order chi connectivity index (χ1) is 12.5. The summed E-state index contributed by atoms with van der Waals surface area (Å²) in [5, 5.41) is 8.55. The molecule has 0 radical (unpaired) electrons. The van der Waals surface area contributed by atoms with Crippen molar-refractivity contribution in [3.05, 3.63) is 45.8 Å². The lowest BCUT2D eigenvalue weighted by molar-refractivity contribution is 0.393. The topological polar surface area (TPSA) is 92.5 Å². The van der Waals surface area contributed by atoms with Gasteiger partial charge in [-0.15, -0.1) is 0 Å². The van der Waals surface area contributed by atoms with Gasteiger partial charge in [-0.1, -0.05) is 5.16 Å². The maximum absolute atomic E-state index is 12.0. The third kappa shape index (κ3) is 2.16. The monoisotopic (exact) mass is 349 g/mol. The van der Waals surface area contributed by atoms with Gasteiger partial charge in [-0.05, 0) is 50.3 Å². The molecule has 0 spiro atoms. The predicted molar refractivity (Wildman–Crippen MR) is 98.1 cm³/mol.